The molecule has 9 nitrogen and oxygen atoms in total. The first-order valence-corrected chi connectivity index (χ1v) is 11.8. The SMILES string of the molecule is C=CC(=O)N1CCN(CCCCCn2nc(-c3cc(OC)ccc3C)c3c(N)ncnc32)CC1. The molecule has 1 amide bonds. The number of unbranched alkanes of at least 4 members (excludes halogenated alkanes) is 2. The van der Waals surface area contributed by atoms with Crippen molar-refractivity contribution in [3.8, 4) is 17.0 Å². The molecule has 0 unspecified atom stereocenters. The Hall–Kier alpha value is -3.46. The van der Waals surface area contributed by atoms with Crippen LogP contribution < -0.4 is 10.5 Å². The van der Waals surface area contributed by atoms with Crippen molar-refractivity contribution in [2.24, 2.45) is 0 Å². The Labute approximate surface area is 200 Å². The van der Waals surface area contributed by atoms with E-state index in [4.69, 9.17) is 15.6 Å². The summed E-state index contributed by atoms with van der Waals surface area (Å²) in [4.78, 5) is 24.7. The second kappa shape index (κ2) is 10.6. The van der Waals surface area contributed by atoms with Crippen LogP contribution >= 0.6 is 0 Å². The minimum absolute atomic E-state index is 0.0269. The summed E-state index contributed by atoms with van der Waals surface area (Å²) in [7, 11) is 1.66. The average molecular weight is 464 g/mol. The number of aromatic nitrogens is 4. The topological polar surface area (TPSA) is 102 Å². The summed E-state index contributed by atoms with van der Waals surface area (Å²) < 4.78 is 7.37. The summed E-state index contributed by atoms with van der Waals surface area (Å²) in [6, 6.07) is 5.94. The molecule has 1 aromatic carbocycles. The molecular weight excluding hydrogens is 430 g/mol. The normalized spacial score (nSPS) is 14.5. The summed E-state index contributed by atoms with van der Waals surface area (Å²) >= 11 is 0. The molecule has 3 heterocycles. The number of nitrogens with zero attached hydrogens (tertiary/aromatic N) is 6. The molecule has 3 aromatic rings. The number of piperazine rings is 1. The van der Waals surface area contributed by atoms with Gasteiger partial charge in [0.05, 0.1) is 12.5 Å². The first-order valence-electron chi connectivity index (χ1n) is 11.8. The third-order valence-electron chi connectivity index (χ3n) is 6.46. The van der Waals surface area contributed by atoms with E-state index < -0.39 is 0 Å². The monoisotopic (exact) mass is 463 g/mol. The molecule has 0 saturated carbocycles. The van der Waals surface area contributed by atoms with Gasteiger partial charge in [-0.2, -0.15) is 5.10 Å². The number of hydrogen-bond donors (Lipinski definition) is 1. The van der Waals surface area contributed by atoms with Crippen molar-refractivity contribution in [2.45, 2.75) is 32.7 Å². The molecule has 1 aliphatic rings. The van der Waals surface area contributed by atoms with E-state index in [0.29, 0.717) is 5.82 Å². The lowest BCUT2D eigenvalue weighted by molar-refractivity contribution is -0.127. The summed E-state index contributed by atoms with van der Waals surface area (Å²) in [5, 5.41) is 5.68. The van der Waals surface area contributed by atoms with Crippen LogP contribution in [0, 0.1) is 6.92 Å². The van der Waals surface area contributed by atoms with Crippen molar-refractivity contribution >= 4 is 22.8 Å². The zero-order valence-electron chi connectivity index (χ0n) is 20.0. The first kappa shape index (κ1) is 23.7. The van der Waals surface area contributed by atoms with E-state index in [2.05, 4.69) is 21.4 Å². The molecule has 0 atom stereocenters. The third kappa shape index (κ3) is 5.04. The molecule has 0 radical (unpaired) electrons. The van der Waals surface area contributed by atoms with Crippen LogP contribution in [0.2, 0.25) is 0 Å². The Morgan fingerprint density at radius 3 is 2.65 bits per heavy atom. The van der Waals surface area contributed by atoms with E-state index in [1.165, 1.54) is 12.4 Å². The number of methoxy groups -OCH3 is 1. The largest absolute Gasteiger partial charge is 0.497 e. The lowest BCUT2D eigenvalue weighted by atomic mass is 10.0. The number of benzene rings is 1. The minimum Gasteiger partial charge on any atom is -0.497 e. The molecule has 0 aliphatic carbocycles. The first-order chi connectivity index (χ1) is 16.5. The van der Waals surface area contributed by atoms with Gasteiger partial charge < -0.3 is 15.4 Å². The molecule has 2 N–H and O–H groups in total. The molecular formula is C25H33N7O2. The molecule has 34 heavy (non-hydrogen) atoms. The van der Waals surface area contributed by atoms with Crippen LogP contribution in [0.5, 0.6) is 5.75 Å². The molecule has 180 valence electrons. The Morgan fingerprint density at radius 1 is 1.15 bits per heavy atom. The second-order valence-electron chi connectivity index (χ2n) is 8.64. The molecule has 1 fully saturated rings. The molecule has 1 aliphatic heterocycles. The second-order valence-corrected chi connectivity index (χ2v) is 8.64. The predicted octanol–water partition coefficient (Wildman–Crippen LogP) is 2.89. The molecule has 0 bridgehead atoms. The van der Waals surface area contributed by atoms with Gasteiger partial charge in [-0.25, -0.2) is 14.6 Å². The van der Waals surface area contributed by atoms with Crippen LogP contribution in [0.25, 0.3) is 22.3 Å². The molecule has 4 rings (SSSR count). The number of aryl methyl sites for hydroxylation is 2. The number of fused-ring (bicyclic) bond motifs is 1. The number of nitrogens with two attached hydrogens (primary N) is 1. The molecule has 0 spiro atoms. The summed E-state index contributed by atoms with van der Waals surface area (Å²) in [5.41, 5.74) is 9.86. The smallest absolute Gasteiger partial charge is 0.246 e. The van der Waals surface area contributed by atoms with Crippen molar-refractivity contribution in [1.29, 1.82) is 0 Å². The molecule has 9 heteroatoms. The van der Waals surface area contributed by atoms with Gasteiger partial charge in [0.1, 0.15) is 23.6 Å². The van der Waals surface area contributed by atoms with Gasteiger partial charge in [0, 0.05) is 38.3 Å². The van der Waals surface area contributed by atoms with E-state index in [1.807, 2.05) is 34.7 Å². The van der Waals surface area contributed by atoms with Gasteiger partial charge in [0.2, 0.25) is 5.91 Å². The quantitative estimate of drug-likeness (QED) is 0.384. The van der Waals surface area contributed by atoms with E-state index in [-0.39, 0.29) is 5.91 Å². The van der Waals surface area contributed by atoms with Crippen LogP contribution in [0.4, 0.5) is 5.82 Å². The maximum Gasteiger partial charge on any atom is 0.246 e. The van der Waals surface area contributed by atoms with Gasteiger partial charge in [-0.3, -0.25) is 9.69 Å². The number of nitrogen functional groups attached to an aromatic ring is 1. The lowest BCUT2D eigenvalue weighted by Gasteiger charge is -2.34. The number of carbonyl (C=O) groups excluding carboxylic acids is 1. The zero-order chi connectivity index (χ0) is 24.1. The highest BCUT2D eigenvalue weighted by molar-refractivity contribution is 5.99. The fourth-order valence-corrected chi connectivity index (χ4v) is 4.45. The predicted molar refractivity (Wildman–Crippen MR) is 134 cm³/mol. The average Bonchev–Trinajstić information content (AvgIpc) is 3.23. The van der Waals surface area contributed by atoms with Gasteiger partial charge in [-0.05, 0) is 50.1 Å². The number of carbonyl (C=O) groups is 1. The lowest BCUT2D eigenvalue weighted by Crippen LogP contribution is -2.48. The summed E-state index contributed by atoms with van der Waals surface area (Å²) in [6.45, 7) is 10.8. The van der Waals surface area contributed by atoms with Crippen LogP contribution in [0.3, 0.4) is 0 Å². The van der Waals surface area contributed by atoms with Crippen LogP contribution in [-0.2, 0) is 11.3 Å². The van der Waals surface area contributed by atoms with Gasteiger partial charge in [-0.15, -0.1) is 0 Å². The van der Waals surface area contributed by atoms with Gasteiger partial charge >= 0.3 is 0 Å². The molecule has 2 aromatic heterocycles. The maximum absolute atomic E-state index is 11.7. The zero-order valence-corrected chi connectivity index (χ0v) is 20.0. The summed E-state index contributed by atoms with van der Waals surface area (Å²) in [5.74, 6) is 1.23. The van der Waals surface area contributed by atoms with E-state index >= 15 is 0 Å². The van der Waals surface area contributed by atoms with Gasteiger partial charge in [0.25, 0.3) is 0 Å². The van der Waals surface area contributed by atoms with Crippen molar-refractivity contribution in [2.75, 3.05) is 45.6 Å². The highest BCUT2D eigenvalue weighted by Crippen LogP contribution is 2.34. The number of rotatable bonds is 9. The van der Waals surface area contributed by atoms with Crippen LogP contribution in [0.15, 0.2) is 37.2 Å². The number of hydrogen-bond acceptors (Lipinski definition) is 7. The highest BCUT2D eigenvalue weighted by atomic mass is 16.5. The fourth-order valence-electron chi connectivity index (χ4n) is 4.45. The van der Waals surface area contributed by atoms with E-state index in [9.17, 15) is 4.79 Å². The fraction of sp³-hybridized carbons (Fsp3) is 0.440. The minimum atomic E-state index is 0.0269. The van der Waals surface area contributed by atoms with Crippen molar-refractivity contribution in [3.63, 3.8) is 0 Å². The van der Waals surface area contributed by atoms with E-state index in [0.717, 1.165) is 92.1 Å². The van der Waals surface area contributed by atoms with Gasteiger partial charge in [0.15, 0.2) is 5.65 Å². The Bertz CT molecular complexity index is 1170. The Morgan fingerprint density at radius 2 is 1.91 bits per heavy atom. The standard InChI is InChI=1S/C25H33N7O2/c1-4-21(33)31-14-12-30(13-15-31)10-6-5-7-11-32-25-22(24(26)27-17-28-25)23(29-32)20-16-19(34-3)9-8-18(20)2/h4,8-9,16-17H,1,5-7,10-15H2,2-3H3,(H2,26,27,28). The van der Waals surface area contributed by atoms with Crippen molar-refractivity contribution < 1.29 is 9.53 Å². The Kier molecular flexibility index (Phi) is 7.42. The van der Waals surface area contributed by atoms with Gasteiger partial charge in [-0.1, -0.05) is 19.1 Å². The number of anilines is 1. The van der Waals surface area contributed by atoms with Crippen LogP contribution in [0.1, 0.15) is 24.8 Å². The number of ether oxygens (including phenoxy) is 1. The number of amides is 1. The Balaban J connectivity index is 1.39. The molecule has 1 saturated heterocycles. The third-order valence-corrected chi connectivity index (χ3v) is 6.46. The van der Waals surface area contributed by atoms with Crippen LogP contribution in [-0.4, -0.2) is 75.3 Å². The summed E-state index contributed by atoms with van der Waals surface area (Å²) in [6.07, 6.45) is 6.07. The van der Waals surface area contributed by atoms with Crippen molar-refractivity contribution in [3.05, 3.63) is 42.7 Å². The van der Waals surface area contributed by atoms with Crippen molar-refractivity contribution in [1.82, 2.24) is 29.5 Å². The highest BCUT2D eigenvalue weighted by Gasteiger charge is 2.20. The van der Waals surface area contributed by atoms with E-state index in [1.54, 1.807) is 7.11 Å². The maximum atomic E-state index is 11.7.